The lowest BCUT2D eigenvalue weighted by Gasteiger charge is -2.16. The van der Waals surface area contributed by atoms with Gasteiger partial charge in [-0.2, -0.15) is 0 Å². The van der Waals surface area contributed by atoms with E-state index in [2.05, 4.69) is 0 Å². The van der Waals surface area contributed by atoms with Gasteiger partial charge in [-0.05, 0) is 25.7 Å². The van der Waals surface area contributed by atoms with Gasteiger partial charge in [0, 0.05) is 10.8 Å². The zero-order valence-electron chi connectivity index (χ0n) is 6.15. The Labute approximate surface area is 72.9 Å². The first-order chi connectivity index (χ1) is 4.79. The summed E-state index contributed by atoms with van der Waals surface area (Å²) in [6.45, 7) is 0. The molecular formula is C8H14Cl2. The molecular weight excluding hydrogens is 167 g/mol. The SMILES string of the molecule is ClC1CCCCC(Cl)CC1. The van der Waals surface area contributed by atoms with Crippen LogP contribution in [0.25, 0.3) is 0 Å². The molecule has 1 rings (SSSR count). The second-order valence-electron chi connectivity index (χ2n) is 3.06. The Kier molecular flexibility index (Phi) is 3.87. The molecule has 2 heteroatoms. The van der Waals surface area contributed by atoms with Gasteiger partial charge in [-0.25, -0.2) is 0 Å². The van der Waals surface area contributed by atoms with Crippen molar-refractivity contribution in [2.75, 3.05) is 0 Å². The predicted octanol–water partition coefficient (Wildman–Crippen LogP) is 3.56. The van der Waals surface area contributed by atoms with E-state index in [0.29, 0.717) is 10.8 Å². The van der Waals surface area contributed by atoms with E-state index >= 15 is 0 Å². The molecule has 0 nitrogen and oxygen atoms in total. The molecule has 0 radical (unpaired) electrons. The van der Waals surface area contributed by atoms with Crippen molar-refractivity contribution in [3.8, 4) is 0 Å². The molecule has 0 heterocycles. The van der Waals surface area contributed by atoms with Crippen LogP contribution < -0.4 is 0 Å². The minimum atomic E-state index is 0.390. The number of rotatable bonds is 0. The Balaban J connectivity index is 2.23. The molecule has 0 bridgehead atoms. The first kappa shape index (κ1) is 8.67. The molecule has 1 aliphatic carbocycles. The summed E-state index contributed by atoms with van der Waals surface area (Å²) >= 11 is 12.0. The maximum Gasteiger partial charge on any atom is 0.0336 e. The van der Waals surface area contributed by atoms with E-state index in [1.54, 1.807) is 0 Å². The van der Waals surface area contributed by atoms with Gasteiger partial charge < -0.3 is 0 Å². The van der Waals surface area contributed by atoms with Crippen LogP contribution in [0, 0.1) is 0 Å². The highest BCUT2D eigenvalue weighted by atomic mass is 35.5. The number of alkyl halides is 2. The van der Waals surface area contributed by atoms with E-state index in [-0.39, 0.29) is 0 Å². The first-order valence-corrected chi connectivity index (χ1v) is 4.94. The van der Waals surface area contributed by atoms with E-state index < -0.39 is 0 Å². The van der Waals surface area contributed by atoms with Gasteiger partial charge in [-0.1, -0.05) is 12.8 Å². The Morgan fingerprint density at radius 3 is 1.50 bits per heavy atom. The second-order valence-corrected chi connectivity index (χ2v) is 4.29. The number of hydrogen-bond acceptors (Lipinski definition) is 0. The van der Waals surface area contributed by atoms with Crippen LogP contribution in [0.15, 0.2) is 0 Å². The standard InChI is InChI=1S/C8H14Cl2/c9-7-3-1-2-4-8(10)6-5-7/h7-8H,1-6H2. The fraction of sp³-hybridized carbons (Fsp3) is 1.00. The third-order valence-corrected chi connectivity index (χ3v) is 2.95. The van der Waals surface area contributed by atoms with Gasteiger partial charge in [-0.15, -0.1) is 23.2 Å². The molecule has 2 unspecified atom stereocenters. The van der Waals surface area contributed by atoms with Gasteiger partial charge in [0.05, 0.1) is 0 Å². The van der Waals surface area contributed by atoms with Crippen molar-refractivity contribution in [2.24, 2.45) is 0 Å². The molecule has 0 amide bonds. The molecule has 1 saturated carbocycles. The summed E-state index contributed by atoms with van der Waals surface area (Å²) in [4.78, 5) is 0. The van der Waals surface area contributed by atoms with E-state index in [9.17, 15) is 0 Å². The topological polar surface area (TPSA) is 0 Å². The summed E-state index contributed by atoms with van der Waals surface area (Å²) < 4.78 is 0. The maximum atomic E-state index is 6.00. The average Bonchev–Trinajstić information content (AvgIpc) is 1.90. The monoisotopic (exact) mass is 180 g/mol. The summed E-state index contributed by atoms with van der Waals surface area (Å²) in [5, 5.41) is 0.781. The first-order valence-electron chi connectivity index (χ1n) is 4.07. The molecule has 0 aliphatic heterocycles. The molecule has 0 saturated heterocycles. The average molecular weight is 181 g/mol. The molecule has 60 valence electrons. The zero-order chi connectivity index (χ0) is 7.40. The summed E-state index contributed by atoms with van der Waals surface area (Å²) in [5.41, 5.74) is 0. The molecule has 0 aromatic rings. The lowest BCUT2D eigenvalue weighted by atomic mass is 10.0. The van der Waals surface area contributed by atoms with Crippen LogP contribution in [0.1, 0.15) is 38.5 Å². The highest BCUT2D eigenvalue weighted by molar-refractivity contribution is 6.21. The number of hydrogen-bond donors (Lipinski definition) is 0. The van der Waals surface area contributed by atoms with Crippen LogP contribution in [0.5, 0.6) is 0 Å². The highest BCUT2D eigenvalue weighted by Gasteiger charge is 2.12. The zero-order valence-corrected chi connectivity index (χ0v) is 7.67. The molecule has 1 fully saturated rings. The highest BCUT2D eigenvalue weighted by Crippen LogP contribution is 2.23. The fourth-order valence-electron chi connectivity index (χ4n) is 1.38. The predicted molar refractivity (Wildman–Crippen MR) is 47.0 cm³/mol. The van der Waals surface area contributed by atoms with Crippen LogP contribution in [-0.4, -0.2) is 10.8 Å². The van der Waals surface area contributed by atoms with E-state index in [4.69, 9.17) is 23.2 Å². The van der Waals surface area contributed by atoms with Crippen molar-refractivity contribution < 1.29 is 0 Å². The van der Waals surface area contributed by atoms with Crippen LogP contribution in [0.2, 0.25) is 0 Å². The van der Waals surface area contributed by atoms with Gasteiger partial charge in [0.2, 0.25) is 0 Å². The van der Waals surface area contributed by atoms with E-state index in [1.807, 2.05) is 0 Å². The lowest BCUT2D eigenvalue weighted by Crippen LogP contribution is -2.08. The summed E-state index contributed by atoms with van der Waals surface area (Å²) in [7, 11) is 0. The molecule has 0 N–H and O–H groups in total. The van der Waals surface area contributed by atoms with Crippen LogP contribution in [0.3, 0.4) is 0 Å². The van der Waals surface area contributed by atoms with Gasteiger partial charge in [0.1, 0.15) is 0 Å². The third-order valence-electron chi connectivity index (χ3n) is 2.08. The summed E-state index contributed by atoms with van der Waals surface area (Å²) in [5.74, 6) is 0. The normalized spacial score (nSPS) is 36.6. The van der Waals surface area contributed by atoms with E-state index in [0.717, 1.165) is 12.8 Å². The summed E-state index contributed by atoms with van der Waals surface area (Å²) in [6.07, 6.45) is 7.11. The Morgan fingerprint density at radius 2 is 1.10 bits per heavy atom. The smallest absolute Gasteiger partial charge is 0.0336 e. The molecule has 0 spiro atoms. The quantitative estimate of drug-likeness (QED) is 0.501. The fourth-order valence-corrected chi connectivity index (χ4v) is 1.94. The molecule has 10 heavy (non-hydrogen) atoms. The van der Waals surface area contributed by atoms with Crippen LogP contribution in [-0.2, 0) is 0 Å². The van der Waals surface area contributed by atoms with Crippen molar-refractivity contribution in [1.29, 1.82) is 0 Å². The van der Waals surface area contributed by atoms with E-state index in [1.165, 1.54) is 25.7 Å². The lowest BCUT2D eigenvalue weighted by molar-refractivity contribution is 0.514. The molecule has 2 atom stereocenters. The molecule has 0 aromatic heterocycles. The van der Waals surface area contributed by atoms with Gasteiger partial charge in [-0.3, -0.25) is 0 Å². The largest absolute Gasteiger partial charge is 0.123 e. The van der Waals surface area contributed by atoms with Crippen LogP contribution in [0.4, 0.5) is 0 Å². The van der Waals surface area contributed by atoms with Crippen molar-refractivity contribution >= 4 is 23.2 Å². The second kappa shape index (κ2) is 4.46. The van der Waals surface area contributed by atoms with Crippen molar-refractivity contribution in [3.05, 3.63) is 0 Å². The van der Waals surface area contributed by atoms with Crippen LogP contribution >= 0.6 is 23.2 Å². The van der Waals surface area contributed by atoms with Crippen molar-refractivity contribution in [2.45, 2.75) is 49.3 Å². The maximum absolute atomic E-state index is 6.00. The Hall–Kier alpha value is 0.580. The van der Waals surface area contributed by atoms with Gasteiger partial charge in [0.25, 0.3) is 0 Å². The Morgan fingerprint density at radius 1 is 0.700 bits per heavy atom. The van der Waals surface area contributed by atoms with Gasteiger partial charge >= 0.3 is 0 Å². The Bertz CT molecular complexity index is 81.3. The van der Waals surface area contributed by atoms with Crippen molar-refractivity contribution in [1.82, 2.24) is 0 Å². The minimum absolute atomic E-state index is 0.390. The minimum Gasteiger partial charge on any atom is -0.123 e. The third kappa shape index (κ3) is 3.12. The molecule has 0 aromatic carbocycles. The van der Waals surface area contributed by atoms with Gasteiger partial charge in [0.15, 0.2) is 0 Å². The molecule has 1 aliphatic rings. The van der Waals surface area contributed by atoms with Crippen molar-refractivity contribution in [3.63, 3.8) is 0 Å². The number of halogens is 2. The summed E-state index contributed by atoms with van der Waals surface area (Å²) in [6, 6.07) is 0.